The number of guanidine groups is 1. The van der Waals surface area contributed by atoms with E-state index in [4.69, 9.17) is 9.73 Å². The molecule has 2 aliphatic heterocycles. The molecule has 3 rings (SSSR count). The summed E-state index contributed by atoms with van der Waals surface area (Å²) in [5.41, 5.74) is 1.44. The molecule has 0 radical (unpaired) electrons. The Morgan fingerprint density at radius 2 is 2.00 bits per heavy atom. The first-order chi connectivity index (χ1) is 13.3. The van der Waals surface area contributed by atoms with Gasteiger partial charge in [-0.1, -0.05) is 30.3 Å². The van der Waals surface area contributed by atoms with Gasteiger partial charge in [-0.2, -0.15) is 0 Å². The molecule has 2 fully saturated rings. The van der Waals surface area contributed by atoms with Crippen molar-refractivity contribution in [3.05, 3.63) is 35.9 Å². The molecule has 2 aliphatic rings. The van der Waals surface area contributed by atoms with E-state index in [0.717, 1.165) is 51.2 Å². The van der Waals surface area contributed by atoms with E-state index in [1.165, 1.54) is 31.4 Å². The fourth-order valence-electron chi connectivity index (χ4n) is 4.50. The number of nitrogens with one attached hydrogen (secondary N) is 1. The molecule has 0 aliphatic carbocycles. The number of piperidine rings is 2. The monoisotopic (exact) mass is 500 g/mol. The van der Waals surface area contributed by atoms with E-state index in [-0.39, 0.29) is 24.0 Å². The number of benzene rings is 1. The van der Waals surface area contributed by atoms with Crippen LogP contribution in [0, 0.1) is 5.92 Å². The Kier molecular flexibility index (Phi) is 10.6. The molecule has 1 N–H and O–H groups in total. The first kappa shape index (κ1) is 23.4. The summed E-state index contributed by atoms with van der Waals surface area (Å²) in [5.74, 6) is 1.81. The molecule has 2 atom stereocenters. The van der Waals surface area contributed by atoms with E-state index in [9.17, 15) is 0 Å². The molecule has 0 bridgehead atoms. The Morgan fingerprint density at radius 3 is 2.75 bits per heavy atom. The van der Waals surface area contributed by atoms with Crippen molar-refractivity contribution in [2.45, 2.75) is 45.7 Å². The van der Waals surface area contributed by atoms with Crippen molar-refractivity contribution in [3.63, 3.8) is 0 Å². The minimum atomic E-state index is 0. The van der Waals surface area contributed by atoms with Crippen LogP contribution in [0.5, 0.6) is 0 Å². The van der Waals surface area contributed by atoms with Crippen molar-refractivity contribution < 1.29 is 4.74 Å². The molecule has 0 saturated carbocycles. The molecular formula is C22H37IN4O. The van der Waals surface area contributed by atoms with Gasteiger partial charge in [0.1, 0.15) is 0 Å². The van der Waals surface area contributed by atoms with Gasteiger partial charge in [0.25, 0.3) is 0 Å². The maximum atomic E-state index is 5.45. The number of hydrogen-bond acceptors (Lipinski definition) is 3. The molecular weight excluding hydrogens is 463 g/mol. The summed E-state index contributed by atoms with van der Waals surface area (Å²) in [6.07, 6.45) is 3.87. The fourth-order valence-corrected chi connectivity index (χ4v) is 4.50. The SMILES string of the molecule is CCNC(=NCCOCC)N1CCC2C(CCCN2Cc2ccccc2)C1.I. The quantitative estimate of drug-likeness (QED) is 0.269. The Balaban J connectivity index is 0.00000280. The van der Waals surface area contributed by atoms with E-state index in [1.807, 2.05) is 6.92 Å². The van der Waals surface area contributed by atoms with Gasteiger partial charge in [0.05, 0.1) is 13.2 Å². The average Bonchev–Trinajstić information content (AvgIpc) is 2.71. The van der Waals surface area contributed by atoms with Gasteiger partial charge in [0, 0.05) is 38.8 Å². The van der Waals surface area contributed by atoms with Crippen LogP contribution in [0.3, 0.4) is 0 Å². The zero-order valence-corrected chi connectivity index (χ0v) is 19.8. The highest BCUT2D eigenvalue weighted by atomic mass is 127. The van der Waals surface area contributed by atoms with Crippen molar-refractivity contribution in [2.75, 3.05) is 45.9 Å². The van der Waals surface area contributed by atoms with Crippen LogP contribution in [0.4, 0.5) is 0 Å². The average molecular weight is 500 g/mol. The van der Waals surface area contributed by atoms with Gasteiger partial charge >= 0.3 is 0 Å². The van der Waals surface area contributed by atoms with Gasteiger partial charge in [0.2, 0.25) is 0 Å². The maximum absolute atomic E-state index is 5.45. The highest BCUT2D eigenvalue weighted by molar-refractivity contribution is 14.0. The van der Waals surface area contributed by atoms with Gasteiger partial charge in [-0.05, 0) is 51.1 Å². The number of likely N-dealkylation sites (tertiary alicyclic amines) is 2. The van der Waals surface area contributed by atoms with Crippen molar-refractivity contribution in [1.29, 1.82) is 0 Å². The molecule has 5 nitrogen and oxygen atoms in total. The summed E-state index contributed by atoms with van der Waals surface area (Å²) in [4.78, 5) is 9.99. The summed E-state index contributed by atoms with van der Waals surface area (Å²) >= 11 is 0. The molecule has 0 aromatic heterocycles. The summed E-state index contributed by atoms with van der Waals surface area (Å²) in [7, 11) is 0. The lowest BCUT2D eigenvalue weighted by atomic mass is 9.83. The van der Waals surface area contributed by atoms with Crippen LogP contribution in [0.15, 0.2) is 35.3 Å². The molecule has 1 aromatic carbocycles. The van der Waals surface area contributed by atoms with Crippen molar-refractivity contribution >= 4 is 29.9 Å². The molecule has 158 valence electrons. The van der Waals surface area contributed by atoms with Crippen LogP contribution in [-0.4, -0.2) is 67.7 Å². The van der Waals surface area contributed by atoms with E-state index >= 15 is 0 Å². The zero-order chi connectivity index (χ0) is 18.9. The van der Waals surface area contributed by atoms with Crippen LogP contribution in [0.2, 0.25) is 0 Å². The van der Waals surface area contributed by atoms with Crippen molar-refractivity contribution in [1.82, 2.24) is 15.1 Å². The molecule has 2 saturated heterocycles. The highest BCUT2D eigenvalue weighted by Gasteiger charge is 2.36. The van der Waals surface area contributed by atoms with E-state index < -0.39 is 0 Å². The zero-order valence-electron chi connectivity index (χ0n) is 17.5. The predicted octanol–water partition coefficient (Wildman–Crippen LogP) is 3.59. The molecule has 2 unspecified atom stereocenters. The third-order valence-corrected chi connectivity index (χ3v) is 5.75. The van der Waals surface area contributed by atoms with Crippen LogP contribution in [0.25, 0.3) is 0 Å². The van der Waals surface area contributed by atoms with Crippen molar-refractivity contribution in [2.24, 2.45) is 10.9 Å². The molecule has 28 heavy (non-hydrogen) atoms. The van der Waals surface area contributed by atoms with Gasteiger partial charge in [0.15, 0.2) is 5.96 Å². The second-order valence-corrected chi connectivity index (χ2v) is 7.59. The Morgan fingerprint density at radius 1 is 1.18 bits per heavy atom. The lowest BCUT2D eigenvalue weighted by Crippen LogP contribution is -2.56. The van der Waals surface area contributed by atoms with E-state index in [1.54, 1.807) is 0 Å². The number of ether oxygens (including phenoxy) is 1. The number of rotatable bonds is 7. The maximum Gasteiger partial charge on any atom is 0.194 e. The lowest BCUT2D eigenvalue weighted by molar-refractivity contribution is 0.0372. The van der Waals surface area contributed by atoms with Crippen molar-refractivity contribution in [3.8, 4) is 0 Å². The number of nitrogens with zero attached hydrogens (tertiary/aromatic N) is 3. The molecule has 0 amide bonds. The normalized spacial score (nSPS) is 23.1. The van der Waals surface area contributed by atoms with Crippen LogP contribution < -0.4 is 5.32 Å². The number of halogens is 1. The van der Waals surface area contributed by atoms with E-state index in [2.05, 4.69) is 52.4 Å². The third-order valence-electron chi connectivity index (χ3n) is 5.75. The smallest absolute Gasteiger partial charge is 0.194 e. The Labute approximate surface area is 187 Å². The molecule has 6 heteroatoms. The Bertz CT molecular complexity index is 583. The van der Waals surface area contributed by atoms with Crippen LogP contribution in [0.1, 0.15) is 38.7 Å². The Hall–Kier alpha value is -0.860. The van der Waals surface area contributed by atoms with Gasteiger partial charge in [-0.3, -0.25) is 9.89 Å². The molecule has 0 spiro atoms. The summed E-state index contributed by atoms with van der Waals surface area (Å²) in [5, 5.41) is 3.48. The largest absolute Gasteiger partial charge is 0.380 e. The summed E-state index contributed by atoms with van der Waals surface area (Å²) in [6, 6.07) is 11.6. The van der Waals surface area contributed by atoms with Gasteiger partial charge in [-0.15, -0.1) is 24.0 Å². The number of fused-ring (bicyclic) bond motifs is 1. The predicted molar refractivity (Wildman–Crippen MR) is 127 cm³/mol. The third kappa shape index (κ3) is 6.59. The topological polar surface area (TPSA) is 40.1 Å². The molecule has 1 aromatic rings. The fraction of sp³-hybridized carbons (Fsp3) is 0.682. The minimum Gasteiger partial charge on any atom is -0.380 e. The van der Waals surface area contributed by atoms with Crippen LogP contribution >= 0.6 is 24.0 Å². The summed E-state index contributed by atoms with van der Waals surface area (Å²) < 4.78 is 5.45. The van der Waals surface area contributed by atoms with E-state index in [0.29, 0.717) is 12.6 Å². The van der Waals surface area contributed by atoms with Crippen LogP contribution in [-0.2, 0) is 11.3 Å². The highest BCUT2D eigenvalue weighted by Crippen LogP contribution is 2.31. The first-order valence-electron chi connectivity index (χ1n) is 10.7. The second-order valence-electron chi connectivity index (χ2n) is 7.59. The summed E-state index contributed by atoms with van der Waals surface area (Å²) in [6.45, 7) is 11.8. The second kappa shape index (κ2) is 12.6. The standard InChI is InChI=1S/C22H36N4O.HI/c1-3-23-22(24-13-16-27-4-2)26-15-12-21-20(18-26)11-8-14-25(21)17-19-9-6-5-7-10-19;/h5-7,9-10,20-21H,3-4,8,11-18H2,1-2H3,(H,23,24);1H. The lowest BCUT2D eigenvalue weighted by Gasteiger charge is -2.48. The van der Waals surface area contributed by atoms with Gasteiger partial charge in [-0.25, -0.2) is 0 Å². The molecule has 2 heterocycles. The number of aliphatic imine (C=N–C) groups is 1. The number of hydrogen-bond donors (Lipinski definition) is 1. The first-order valence-corrected chi connectivity index (χ1v) is 10.7. The minimum absolute atomic E-state index is 0. The van der Waals surface area contributed by atoms with Gasteiger partial charge < -0.3 is 15.0 Å².